The first-order chi connectivity index (χ1) is 19.0. The van der Waals surface area contributed by atoms with E-state index in [2.05, 4.69) is 126 Å². The lowest BCUT2D eigenvalue weighted by molar-refractivity contribution is 0.673. The summed E-state index contributed by atoms with van der Waals surface area (Å²) in [4.78, 5) is 1.09. The molecule has 0 radical (unpaired) electrons. The molecule has 41 heavy (non-hydrogen) atoms. The van der Waals surface area contributed by atoms with Crippen molar-refractivity contribution in [3.63, 3.8) is 0 Å². The highest BCUT2D eigenvalue weighted by atomic mass is 127. The van der Waals surface area contributed by atoms with E-state index in [9.17, 15) is 0 Å². The SMILES string of the molecule is BrC1CCC(Br)c2c(I)cccc21.ClC(Cl)(Cl)Cl.Ic1cccc2c1CCCC2.Nc1cccc2c1CCCC2.O. The molecular weight excluding hydrogens is 958 g/mol. The van der Waals surface area contributed by atoms with Gasteiger partial charge in [-0.05, 0) is 161 Å². The molecule has 0 heterocycles. The maximum absolute atomic E-state index is 5.84. The fraction of sp³-hybridized carbons (Fsp3) is 0.419. The average Bonchev–Trinajstić information content (AvgIpc) is 2.91. The van der Waals surface area contributed by atoms with Crippen molar-refractivity contribution in [3.8, 4) is 0 Å². The Labute approximate surface area is 309 Å². The average molecular weight is 993 g/mol. The number of rotatable bonds is 0. The van der Waals surface area contributed by atoms with Gasteiger partial charge in [0.25, 0.3) is 3.25 Å². The van der Waals surface area contributed by atoms with Crippen LogP contribution in [-0.4, -0.2) is 8.73 Å². The molecule has 10 heteroatoms. The molecule has 0 saturated heterocycles. The lowest BCUT2D eigenvalue weighted by atomic mass is 9.91. The van der Waals surface area contributed by atoms with E-state index in [1.165, 1.54) is 93.6 Å². The Hall–Kier alpha value is 1.00. The van der Waals surface area contributed by atoms with Crippen LogP contribution in [0.3, 0.4) is 0 Å². The first-order valence-corrected chi connectivity index (χ1v) is 18.9. The van der Waals surface area contributed by atoms with Gasteiger partial charge in [-0.3, -0.25) is 0 Å². The van der Waals surface area contributed by atoms with Crippen molar-refractivity contribution in [2.45, 2.75) is 77.1 Å². The zero-order valence-electron chi connectivity index (χ0n) is 22.5. The third-order valence-electron chi connectivity index (χ3n) is 7.18. The second kappa shape index (κ2) is 18.8. The van der Waals surface area contributed by atoms with Gasteiger partial charge in [0, 0.05) is 22.5 Å². The van der Waals surface area contributed by atoms with Crippen LogP contribution in [0.4, 0.5) is 5.69 Å². The molecule has 0 aromatic heterocycles. The second-order valence-electron chi connectivity index (χ2n) is 9.96. The molecule has 0 aliphatic heterocycles. The van der Waals surface area contributed by atoms with Gasteiger partial charge in [0.1, 0.15) is 0 Å². The summed E-state index contributed by atoms with van der Waals surface area (Å²) in [5.41, 5.74) is 15.8. The highest BCUT2D eigenvalue weighted by molar-refractivity contribution is 14.1. The second-order valence-corrected chi connectivity index (χ2v) is 17.9. The summed E-state index contributed by atoms with van der Waals surface area (Å²) in [7, 11) is 0. The van der Waals surface area contributed by atoms with E-state index >= 15 is 0 Å². The highest BCUT2D eigenvalue weighted by Crippen LogP contribution is 2.46. The summed E-state index contributed by atoms with van der Waals surface area (Å²) in [5, 5.41) is 0. The van der Waals surface area contributed by atoms with Crippen LogP contribution in [0.15, 0.2) is 54.6 Å². The minimum atomic E-state index is -1.61. The van der Waals surface area contributed by atoms with Gasteiger partial charge in [-0.25, -0.2) is 0 Å². The first kappa shape index (κ1) is 38.2. The van der Waals surface area contributed by atoms with Gasteiger partial charge in [-0.1, -0.05) is 115 Å². The monoisotopic (exact) mass is 989 g/mol. The van der Waals surface area contributed by atoms with Crippen LogP contribution in [-0.2, 0) is 25.7 Å². The minimum Gasteiger partial charge on any atom is -0.412 e. The third-order valence-corrected chi connectivity index (χ3v) is 11.0. The summed E-state index contributed by atoms with van der Waals surface area (Å²) >= 11 is 31.6. The maximum atomic E-state index is 5.84. The molecule has 3 aromatic carbocycles. The van der Waals surface area contributed by atoms with Gasteiger partial charge < -0.3 is 11.2 Å². The number of anilines is 1. The van der Waals surface area contributed by atoms with Crippen LogP contribution < -0.4 is 5.73 Å². The molecule has 2 atom stereocenters. The molecule has 0 bridgehead atoms. The molecule has 3 aromatic rings. The van der Waals surface area contributed by atoms with Crippen LogP contribution >= 0.6 is 123 Å². The van der Waals surface area contributed by atoms with Crippen LogP contribution in [0.25, 0.3) is 0 Å². The van der Waals surface area contributed by atoms with Gasteiger partial charge in [0.15, 0.2) is 0 Å². The van der Waals surface area contributed by atoms with E-state index in [4.69, 9.17) is 52.1 Å². The van der Waals surface area contributed by atoms with E-state index in [0.29, 0.717) is 9.65 Å². The zero-order valence-corrected chi connectivity index (χ0v) is 33.0. The molecule has 4 N–H and O–H groups in total. The summed E-state index contributed by atoms with van der Waals surface area (Å²) in [6.45, 7) is 0. The standard InChI is InChI=1S/C10H9Br2I.C10H11I.C10H13N.CCl4.H2O/c11-7-4-5-8(12)10-6(7)2-1-3-9(10)13;2*11-10-7-3-5-8-4-1-2-6-9(8)10;2-1(3,4)5;/h1-3,7-8H,4-5H2;3,5,7H,1-2,4,6H2;3,5,7H,1-2,4,6,11H2;;1H2. The smallest absolute Gasteiger partial charge is 0.266 e. The number of hydrogen-bond donors (Lipinski definition) is 1. The Balaban J connectivity index is 0.000000198. The van der Waals surface area contributed by atoms with Crippen molar-refractivity contribution in [1.29, 1.82) is 0 Å². The van der Waals surface area contributed by atoms with Gasteiger partial charge in [-0.2, -0.15) is 0 Å². The molecule has 226 valence electrons. The summed E-state index contributed by atoms with van der Waals surface area (Å²) in [5.74, 6) is 0. The molecule has 3 aliphatic carbocycles. The maximum Gasteiger partial charge on any atom is 0.266 e. The fourth-order valence-corrected chi connectivity index (χ4v) is 8.88. The van der Waals surface area contributed by atoms with Crippen molar-refractivity contribution in [2.24, 2.45) is 0 Å². The zero-order chi connectivity index (χ0) is 29.3. The van der Waals surface area contributed by atoms with Crippen molar-refractivity contribution in [1.82, 2.24) is 0 Å². The Kier molecular flexibility index (Phi) is 17.6. The lowest BCUT2D eigenvalue weighted by Crippen LogP contribution is -2.08. The van der Waals surface area contributed by atoms with Gasteiger partial charge in [0.05, 0.1) is 0 Å². The van der Waals surface area contributed by atoms with Crippen LogP contribution in [0.2, 0.25) is 0 Å². The van der Waals surface area contributed by atoms with Crippen molar-refractivity contribution in [3.05, 3.63) is 95.1 Å². The summed E-state index contributed by atoms with van der Waals surface area (Å²) < 4.78 is 1.22. The van der Waals surface area contributed by atoms with Gasteiger partial charge in [0.2, 0.25) is 0 Å². The Bertz CT molecular complexity index is 1200. The van der Waals surface area contributed by atoms with Crippen LogP contribution in [0, 0.1) is 7.14 Å². The number of aryl methyl sites for hydroxylation is 2. The largest absolute Gasteiger partial charge is 0.412 e. The van der Waals surface area contributed by atoms with E-state index in [-0.39, 0.29) is 5.48 Å². The molecule has 2 nitrogen and oxygen atoms in total. The number of hydrogen-bond acceptors (Lipinski definition) is 1. The molecule has 0 spiro atoms. The number of halogens is 8. The van der Waals surface area contributed by atoms with Gasteiger partial charge in [-0.15, -0.1) is 0 Å². The van der Waals surface area contributed by atoms with Crippen LogP contribution in [0.5, 0.6) is 0 Å². The molecule has 0 fully saturated rings. The molecule has 3 aliphatic rings. The summed E-state index contributed by atoms with van der Waals surface area (Å²) in [6, 6.07) is 19.5. The van der Waals surface area contributed by atoms with E-state index < -0.39 is 3.25 Å². The summed E-state index contributed by atoms with van der Waals surface area (Å²) in [6.07, 6.45) is 12.9. The predicted molar refractivity (Wildman–Crippen MR) is 205 cm³/mol. The quantitative estimate of drug-likeness (QED) is 0.136. The minimum absolute atomic E-state index is 0. The lowest BCUT2D eigenvalue weighted by Gasteiger charge is -2.26. The number of fused-ring (bicyclic) bond motifs is 3. The highest BCUT2D eigenvalue weighted by Gasteiger charge is 2.25. The topological polar surface area (TPSA) is 57.5 Å². The van der Waals surface area contributed by atoms with Crippen molar-refractivity contribution in [2.75, 3.05) is 5.73 Å². The van der Waals surface area contributed by atoms with Crippen molar-refractivity contribution >= 4 is 129 Å². The first-order valence-electron chi connectivity index (χ1n) is 13.4. The molecule has 2 unspecified atom stereocenters. The van der Waals surface area contributed by atoms with E-state index in [1.807, 2.05) is 6.07 Å². The van der Waals surface area contributed by atoms with E-state index in [0.717, 1.165) is 5.69 Å². The Morgan fingerprint density at radius 1 is 0.659 bits per heavy atom. The number of nitrogens with two attached hydrogens (primary N) is 1. The molecular formula is C31H35Br2Cl4I2NO. The number of alkyl halides is 6. The third kappa shape index (κ3) is 12.7. The van der Waals surface area contributed by atoms with Crippen LogP contribution in [0.1, 0.15) is 81.6 Å². The van der Waals surface area contributed by atoms with Gasteiger partial charge >= 0.3 is 0 Å². The molecule has 0 amide bonds. The molecule has 6 rings (SSSR count). The predicted octanol–water partition coefficient (Wildman–Crippen LogP) is 12.0. The fourth-order valence-electron chi connectivity index (χ4n) is 5.30. The normalized spacial score (nSPS) is 18.6. The van der Waals surface area contributed by atoms with E-state index in [1.54, 1.807) is 11.1 Å². The molecule has 0 saturated carbocycles. The Morgan fingerprint density at radius 3 is 1.68 bits per heavy atom. The Morgan fingerprint density at radius 2 is 1.12 bits per heavy atom. The number of benzene rings is 3. The number of nitrogen functional groups attached to an aromatic ring is 1. The van der Waals surface area contributed by atoms with Crippen molar-refractivity contribution < 1.29 is 5.48 Å².